The first-order valence-corrected chi connectivity index (χ1v) is 5.07. The normalized spacial score (nSPS) is 33.3. The summed E-state index contributed by atoms with van der Waals surface area (Å²) in [4.78, 5) is 0. The summed E-state index contributed by atoms with van der Waals surface area (Å²) in [7, 11) is 0. The van der Waals surface area contributed by atoms with E-state index in [2.05, 4.69) is 0 Å². The fourth-order valence-electron chi connectivity index (χ4n) is 2.45. The lowest BCUT2D eigenvalue weighted by molar-refractivity contribution is 0.0903. The molecule has 2 fully saturated rings. The van der Waals surface area contributed by atoms with Crippen molar-refractivity contribution in [2.45, 2.75) is 51.0 Å². The number of ether oxygens (including phenoxy) is 1. The van der Waals surface area contributed by atoms with Gasteiger partial charge in [0.05, 0.1) is 6.10 Å². The topological polar surface area (TPSA) is 9.23 Å². The zero-order valence-electron chi connectivity index (χ0n) is 7.22. The summed E-state index contributed by atoms with van der Waals surface area (Å²) in [5.41, 5.74) is 0. The van der Waals surface area contributed by atoms with Gasteiger partial charge in [0.25, 0.3) is 0 Å². The highest BCUT2D eigenvalue weighted by Gasteiger charge is 2.22. The maximum absolute atomic E-state index is 5.61. The first-order chi connectivity index (χ1) is 5.45. The molecule has 0 spiro atoms. The van der Waals surface area contributed by atoms with Crippen molar-refractivity contribution in [3.63, 3.8) is 0 Å². The van der Waals surface area contributed by atoms with Crippen LogP contribution in [0.1, 0.15) is 44.9 Å². The van der Waals surface area contributed by atoms with Crippen molar-refractivity contribution in [3.8, 4) is 0 Å². The molecule has 1 heterocycles. The van der Waals surface area contributed by atoms with Gasteiger partial charge in [-0.3, -0.25) is 0 Å². The molecule has 2 aliphatic rings. The van der Waals surface area contributed by atoms with Crippen LogP contribution < -0.4 is 0 Å². The summed E-state index contributed by atoms with van der Waals surface area (Å²) in [6, 6.07) is 0. The van der Waals surface area contributed by atoms with Gasteiger partial charge in [0.2, 0.25) is 0 Å². The van der Waals surface area contributed by atoms with Gasteiger partial charge in [0.1, 0.15) is 0 Å². The lowest BCUT2D eigenvalue weighted by Gasteiger charge is -2.13. The Bertz CT molecular complexity index is 96.0. The molecule has 0 aromatic rings. The zero-order chi connectivity index (χ0) is 7.52. The Labute approximate surface area is 69.1 Å². The van der Waals surface area contributed by atoms with Crippen LogP contribution in [0.3, 0.4) is 0 Å². The summed E-state index contributed by atoms with van der Waals surface area (Å²) >= 11 is 0. The SMILES string of the molecule is C1CCC(CC2CCCO2)C1. The van der Waals surface area contributed by atoms with Crippen molar-refractivity contribution >= 4 is 0 Å². The first-order valence-electron chi connectivity index (χ1n) is 5.07. The average Bonchev–Trinajstić information content (AvgIpc) is 2.60. The molecule has 1 heteroatoms. The van der Waals surface area contributed by atoms with E-state index in [0.717, 1.165) is 12.5 Å². The van der Waals surface area contributed by atoms with Crippen molar-refractivity contribution in [2.75, 3.05) is 6.61 Å². The van der Waals surface area contributed by atoms with Gasteiger partial charge in [0, 0.05) is 6.61 Å². The molecule has 0 aromatic carbocycles. The highest BCUT2D eigenvalue weighted by atomic mass is 16.5. The molecule has 11 heavy (non-hydrogen) atoms. The van der Waals surface area contributed by atoms with E-state index in [-0.39, 0.29) is 0 Å². The molecule has 1 unspecified atom stereocenters. The second-order valence-corrected chi connectivity index (χ2v) is 4.02. The second-order valence-electron chi connectivity index (χ2n) is 4.02. The fraction of sp³-hybridized carbons (Fsp3) is 1.00. The Balaban J connectivity index is 1.71. The van der Waals surface area contributed by atoms with Crippen LogP contribution >= 0.6 is 0 Å². The molecule has 0 radical (unpaired) electrons. The van der Waals surface area contributed by atoms with E-state index < -0.39 is 0 Å². The standard InChI is InChI=1S/C10H18O/c1-2-5-9(4-1)8-10-6-3-7-11-10/h9-10H,1-8H2. The molecule has 1 saturated heterocycles. The Kier molecular flexibility index (Phi) is 2.47. The van der Waals surface area contributed by atoms with E-state index in [9.17, 15) is 0 Å². The molecule has 64 valence electrons. The van der Waals surface area contributed by atoms with Gasteiger partial charge in [-0.2, -0.15) is 0 Å². The second kappa shape index (κ2) is 3.57. The maximum Gasteiger partial charge on any atom is 0.0578 e. The van der Waals surface area contributed by atoms with Gasteiger partial charge in [-0.15, -0.1) is 0 Å². The summed E-state index contributed by atoms with van der Waals surface area (Å²) in [5, 5.41) is 0. The van der Waals surface area contributed by atoms with Crippen LogP contribution in [0.15, 0.2) is 0 Å². The van der Waals surface area contributed by atoms with Crippen molar-refractivity contribution in [1.82, 2.24) is 0 Å². The van der Waals surface area contributed by atoms with Crippen LogP contribution in [0.4, 0.5) is 0 Å². The maximum atomic E-state index is 5.61. The molecular formula is C10H18O. The number of rotatable bonds is 2. The molecule has 0 amide bonds. The van der Waals surface area contributed by atoms with Gasteiger partial charge in [-0.25, -0.2) is 0 Å². The molecule has 1 aliphatic heterocycles. The van der Waals surface area contributed by atoms with E-state index in [1.807, 2.05) is 0 Å². The van der Waals surface area contributed by atoms with E-state index in [1.54, 1.807) is 0 Å². The van der Waals surface area contributed by atoms with Crippen molar-refractivity contribution in [3.05, 3.63) is 0 Å². The van der Waals surface area contributed by atoms with Crippen molar-refractivity contribution < 1.29 is 4.74 Å². The summed E-state index contributed by atoms with van der Waals surface area (Å²) in [6.45, 7) is 1.03. The molecule has 1 atom stereocenters. The van der Waals surface area contributed by atoms with Crippen LogP contribution in [0, 0.1) is 5.92 Å². The van der Waals surface area contributed by atoms with E-state index in [1.165, 1.54) is 44.9 Å². The monoisotopic (exact) mass is 154 g/mol. The minimum atomic E-state index is 0.637. The average molecular weight is 154 g/mol. The van der Waals surface area contributed by atoms with E-state index in [0.29, 0.717) is 6.10 Å². The third-order valence-electron chi connectivity index (χ3n) is 3.09. The van der Waals surface area contributed by atoms with Gasteiger partial charge < -0.3 is 4.74 Å². The highest BCUT2D eigenvalue weighted by molar-refractivity contribution is 4.74. The summed E-state index contributed by atoms with van der Waals surface area (Å²) in [6.07, 6.45) is 10.5. The molecule has 0 N–H and O–H groups in total. The fourth-order valence-corrected chi connectivity index (χ4v) is 2.45. The smallest absolute Gasteiger partial charge is 0.0578 e. The predicted molar refractivity (Wildman–Crippen MR) is 45.5 cm³/mol. The quantitative estimate of drug-likeness (QED) is 0.594. The lowest BCUT2D eigenvalue weighted by atomic mass is 9.99. The molecule has 2 rings (SSSR count). The Morgan fingerprint density at radius 1 is 1.00 bits per heavy atom. The Morgan fingerprint density at radius 2 is 1.82 bits per heavy atom. The highest BCUT2D eigenvalue weighted by Crippen LogP contribution is 2.31. The van der Waals surface area contributed by atoms with Gasteiger partial charge in [-0.05, 0) is 25.2 Å². The molecule has 0 aromatic heterocycles. The largest absolute Gasteiger partial charge is 0.378 e. The molecule has 1 aliphatic carbocycles. The first kappa shape index (κ1) is 7.60. The van der Waals surface area contributed by atoms with E-state index >= 15 is 0 Å². The summed E-state index contributed by atoms with van der Waals surface area (Å²) in [5.74, 6) is 1.01. The van der Waals surface area contributed by atoms with Crippen molar-refractivity contribution in [1.29, 1.82) is 0 Å². The minimum Gasteiger partial charge on any atom is -0.378 e. The molecule has 1 saturated carbocycles. The van der Waals surface area contributed by atoms with Crippen LogP contribution in [-0.4, -0.2) is 12.7 Å². The van der Waals surface area contributed by atoms with Crippen LogP contribution in [0.25, 0.3) is 0 Å². The third kappa shape index (κ3) is 1.96. The Morgan fingerprint density at radius 3 is 2.45 bits per heavy atom. The number of hydrogen-bond acceptors (Lipinski definition) is 1. The minimum absolute atomic E-state index is 0.637. The molecule has 0 bridgehead atoms. The van der Waals surface area contributed by atoms with Gasteiger partial charge in [0.15, 0.2) is 0 Å². The van der Waals surface area contributed by atoms with Crippen LogP contribution in [0.2, 0.25) is 0 Å². The lowest BCUT2D eigenvalue weighted by Crippen LogP contribution is -2.10. The van der Waals surface area contributed by atoms with Crippen molar-refractivity contribution in [2.24, 2.45) is 5.92 Å². The molecule has 1 nitrogen and oxygen atoms in total. The van der Waals surface area contributed by atoms with E-state index in [4.69, 9.17) is 4.74 Å². The zero-order valence-corrected chi connectivity index (χ0v) is 7.22. The van der Waals surface area contributed by atoms with Gasteiger partial charge in [-0.1, -0.05) is 25.7 Å². The van der Waals surface area contributed by atoms with Crippen LogP contribution in [-0.2, 0) is 4.74 Å². The Hall–Kier alpha value is -0.0400. The summed E-state index contributed by atoms with van der Waals surface area (Å²) < 4.78 is 5.61. The van der Waals surface area contributed by atoms with Crippen LogP contribution in [0.5, 0.6) is 0 Å². The van der Waals surface area contributed by atoms with Gasteiger partial charge >= 0.3 is 0 Å². The third-order valence-corrected chi connectivity index (χ3v) is 3.09. The number of hydrogen-bond donors (Lipinski definition) is 0. The molecular weight excluding hydrogens is 136 g/mol. The predicted octanol–water partition coefficient (Wildman–Crippen LogP) is 2.75.